The first-order chi connectivity index (χ1) is 5.72. The molecule has 0 fully saturated rings. The molecule has 0 amide bonds. The summed E-state index contributed by atoms with van der Waals surface area (Å²) in [7, 11) is 0. The molecule has 0 aromatic heterocycles. The molecule has 1 aromatic rings. The monoisotopic (exact) mass is 200 g/mol. The predicted octanol–water partition coefficient (Wildman–Crippen LogP) is 3.01. The number of halogens is 2. The average molecular weight is 201 g/mol. The van der Waals surface area contributed by atoms with Crippen LogP contribution in [0.15, 0.2) is 18.2 Å². The van der Waals surface area contributed by atoms with Gasteiger partial charge in [0.1, 0.15) is 12.4 Å². The fraction of sp³-hybridized carbons (Fsp3) is 0.111. The van der Waals surface area contributed by atoms with Gasteiger partial charge >= 0.3 is 0 Å². The molecule has 0 aliphatic heterocycles. The van der Waals surface area contributed by atoms with Crippen molar-refractivity contribution in [2.24, 2.45) is 0 Å². The number of rotatable bonds is 2. The van der Waals surface area contributed by atoms with E-state index >= 15 is 0 Å². The summed E-state index contributed by atoms with van der Waals surface area (Å²) >= 11 is 11.4. The van der Waals surface area contributed by atoms with Gasteiger partial charge in [0.2, 0.25) is 0 Å². The van der Waals surface area contributed by atoms with Gasteiger partial charge in [0.25, 0.3) is 0 Å². The lowest BCUT2D eigenvalue weighted by atomic mass is 10.3. The molecular weight excluding hydrogens is 195 g/mol. The van der Waals surface area contributed by atoms with Crippen LogP contribution in [0.3, 0.4) is 0 Å². The van der Waals surface area contributed by atoms with Gasteiger partial charge in [-0.05, 0) is 18.2 Å². The highest BCUT2D eigenvalue weighted by atomic mass is 35.5. The van der Waals surface area contributed by atoms with E-state index in [0.29, 0.717) is 15.8 Å². The Kier molecular flexibility index (Phi) is 3.28. The molecule has 0 atom stereocenters. The van der Waals surface area contributed by atoms with Gasteiger partial charge in [-0.15, -0.1) is 6.42 Å². The molecule has 0 saturated carbocycles. The van der Waals surface area contributed by atoms with Crippen molar-refractivity contribution < 1.29 is 4.74 Å². The largest absolute Gasteiger partial charge is 0.481 e. The summed E-state index contributed by atoms with van der Waals surface area (Å²) in [6.45, 7) is 0.219. The minimum Gasteiger partial charge on any atom is -0.481 e. The summed E-state index contributed by atoms with van der Waals surface area (Å²) in [4.78, 5) is 0. The van der Waals surface area contributed by atoms with Crippen LogP contribution in [0.5, 0.6) is 5.75 Å². The van der Waals surface area contributed by atoms with Crippen LogP contribution in [0.1, 0.15) is 0 Å². The van der Waals surface area contributed by atoms with Crippen LogP contribution < -0.4 is 4.74 Å². The molecule has 0 heterocycles. The maximum absolute atomic E-state index is 5.71. The number of hydrogen-bond acceptors (Lipinski definition) is 1. The molecule has 0 bridgehead atoms. The topological polar surface area (TPSA) is 9.23 Å². The van der Waals surface area contributed by atoms with E-state index in [2.05, 4.69) is 5.92 Å². The first kappa shape index (κ1) is 9.25. The Bertz CT molecular complexity index is 295. The fourth-order valence-corrected chi connectivity index (χ4v) is 1.24. The summed E-state index contributed by atoms with van der Waals surface area (Å²) in [5, 5.41) is 1.07. The number of hydrogen-bond donors (Lipinski definition) is 0. The normalized spacial score (nSPS) is 9.08. The Morgan fingerprint density at radius 1 is 1.25 bits per heavy atom. The van der Waals surface area contributed by atoms with Gasteiger partial charge in [0.15, 0.2) is 0 Å². The van der Waals surface area contributed by atoms with Crippen molar-refractivity contribution in [3.05, 3.63) is 28.2 Å². The highest BCUT2D eigenvalue weighted by Crippen LogP contribution is 2.23. The Labute approximate surface area is 81.2 Å². The van der Waals surface area contributed by atoms with Gasteiger partial charge < -0.3 is 4.74 Å². The minimum absolute atomic E-state index is 0.219. The molecule has 0 N–H and O–H groups in total. The van der Waals surface area contributed by atoms with Crippen LogP contribution in [0.4, 0.5) is 0 Å². The third-order valence-corrected chi connectivity index (χ3v) is 1.59. The van der Waals surface area contributed by atoms with E-state index in [1.54, 1.807) is 18.2 Å². The molecule has 1 aromatic carbocycles. The third kappa shape index (κ3) is 2.65. The Morgan fingerprint density at radius 3 is 2.33 bits per heavy atom. The second kappa shape index (κ2) is 4.25. The van der Waals surface area contributed by atoms with Crippen molar-refractivity contribution >= 4 is 23.2 Å². The van der Waals surface area contributed by atoms with Gasteiger partial charge in [-0.3, -0.25) is 0 Å². The standard InChI is InChI=1S/C9H6Cl2O/c1-2-3-12-9-5-7(10)4-8(11)6-9/h1,4-6H,3H2. The van der Waals surface area contributed by atoms with E-state index in [0.717, 1.165) is 0 Å². The molecule has 0 aliphatic rings. The lowest BCUT2D eigenvalue weighted by Crippen LogP contribution is -1.92. The second-order valence-corrected chi connectivity index (χ2v) is 2.97. The van der Waals surface area contributed by atoms with Crippen molar-refractivity contribution in [3.8, 4) is 18.1 Å². The minimum atomic E-state index is 0.219. The quantitative estimate of drug-likeness (QED) is 0.668. The van der Waals surface area contributed by atoms with Crippen LogP contribution in [0, 0.1) is 12.3 Å². The molecule has 3 heteroatoms. The van der Waals surface area contributed by atoms with Gasteiger partial charge in [-0.1, -0.05) is 29.1 Å². The number of ether oxygens (including phenoxy) is 1. The van der Waals surface area contributed by atoms with Crippen molar-refractivity contribution in [1.82, 2.24) is 0 Å². The predicted molar refractivity (Wildman–Crippen MR) is 50.8 cm³/mol. The van der Waals surface area contributed by atoms with Crippen molar-refractivity contribution in [3.63, 3.8) is 0 Å². The fourth-order valence-electron chi connectivity index (χ4n) is 0.737. The Hall–Kier alpha value is -0.840. The van der Waals surface area contributed by atoms with Crippen LogP contribution in [0.2, 0.25) is 10.0 Å². The molecule has 0 unspecified atom stereocenters. The zero-order valence-electron chi connectivity index (χ0n) is 6.18. The van der Waals surface area contributed by atoms with E-state index < -0.39 is 0 Å². The first-order valence-electron chi connectivity index (χ1n) is 3.25. The number of terminal acetylenes is 1. The molecule has 62 valence electrons. The highest BCUT2D eigenvalue weighted by molar-refractivity contribution is 6.34. The van der Waals surface area contributed by atoms with E-state index in [1.807, 2.05) is 0 Å². The van der Waals surface area contributed by atoms with Gasteiger partial charge in [-0.25, -0.2) is 0 Å². The molecule has 12 heavy (non-hydrogen) atoms. The maximum atomic E-state index is 5.71. The van der Waals surface area contributed by atoms with Crippen molar-refractivity contribution in [2.45, 2.75) is 0 Å². The van der Waals surface area contributed by atoms with Gasteiger partial charge in [0.05, 0.1) is 0 Å². The maximum Gasteiger partial charge on any atom is 0.148 e. The summed E-state index contributed by atoms with van der Waals surface area (Å²) in [6.07, 6.45) is 5.01. The zero-order chi connectivity index (χ0) is 8.97. The molecule has 1 nitrogen and oxygen atoms in total. The van der Waals surface area contributed by atoms with Gasteiger partial charge in [-0.2, -0.15) is 0 Å². The average Bonchev–Trinajstić information content (AvgIpc) is 1.99. The van der Waals surface area contributed by atoms with E-state index in [-0.39, 0.29) is 6.61 Å². The number of benzene rings is 1. The van der Waals surface area contributed by atoms with Crippen LogP contribution in [-0.4, -0.2) is 6.61 Å². The third-order valence-electron chi connectivity index (χ3n) is 1.16. The molecule has 0 saturated heterocycles. The van der Waals surface area contributed by atoms with E-state index in [4.69, 9.17) is 34.4 Å². The molecule has 1 rings (SSSR count). The van der Waals surface area contributed by atoms with Crippen LogP contribution in [-0.2, 0) is 0 Å². The highest BCUT2D eigenvalue weighted by Gasteiger charge is 1.97. The summed E-state index contributed by atoms with van der Waals surface area (Å²) in [6, 6.07) is 4.95. The van der Waals surface area contributed by atoms with Gasteiger partial charge in [0, 0.05) is 10.0 Å². The summed E-state index contributed by atoms with van der Waals surface area (Å²) in [5.41, 5.74) is 0. The lowest BCUT2D eigenvalue weighted by molar-refractivity contribution is 0.370. The molecule has 0 radical (unpaired) electrons. The van der Waals surface area contributed by atoms with E-state index in [9.17, 15) is 0 Å². The van der Waals surface area contributed by atoms with Crippen LogP contribution in [0.25, 0.3) is 0 Å². The Morgan fingerprint density at radius 2 is 1.83 bits per heavy atom. The first-order valence-corrected chi connectivity index (χ1v) is 4.00. The zero-order valence-corrected chi connectivity index (χ0v) is 7.69. The summed E-state index contributed by atoms with van der Waals surface area (Å²) < 4.78 is 5.11. The molecule has 0 aliphatic carbocycles. The molecular formula is C9H6Cl2O. The smallest absolute Gasteiger partial charge is 0.148 e. The van der Waals surface area contributed by atoms with Crippen molar-refractivity contribution in [2.75, 3.05) is 6.61 Å². The van der Waals surface area contributed by atoms with Crippen LogP contribution >= 0.6 is 23.2 Å². The van der Waals surface area contributed by atoms with Crippen molar-refractivity contribution in [1.29, 1.82) is 0 Å². The molecule has 0 spiro atoms. The Balaban J connectivity index is 2.80. The lowest BCUT2D eigenvalue weighted by Gasteiger charge is -2.02. The SMILES string of the molecule is C#CCOc1cc(Cl)cc(Cl)c1. The van der Waals surface area contributed by atoms with E-state index in [1.165, 1.54) is 0 Å². The second-order valence-electron chi connectivity index (χ2n) is 2.10. The summed E-state index contributed by atoms with van der Waals surface area (Å²) in [5.74, 6) is 2.94.